The van der Waals surface area contributed by atoms with E-state index < -0.39 is 0 Å². The van der Waals surface area contributed by atoms with E-state index in [2.05, 4.69) is 83.3 Å². The Hall–Kier alpha value is -3.97. The van der Waals surface area contributed by atoms with Gasteiger partial charge in [0.15, 0.2) is 5.11 Å². The van der Waals surface area contributed by atoms with Crippen molar-refractivity contribution in [1.29, 1.82) is 0 Å². The smallest absolute Gasteiger partial charge is 0.226 e. The minimum absolute atomic E-state index is 0.00195. The van der Waals surface area contributed by atoms with E-state index in [1.54, 1.807) is 0 Å². The second kappa shape index (κ2) is 11.3. The number of hydrogen-bond donors (Lipinski definition) is 2. The fraction of sp³-hybridized carbons (Fsp3) is 0.303. The number of aryl methyl sites for hydroxylation is 3. The molecule has 0 radical (unpaired) electrons. The van der Waals surface area contributed by atoms with Gasteiger partial charge >= 0.3 is 0 Å². The number of nitrogens with zero attached hydrogens (tertiary/aromatic N) is 3. The summed E-state index contributed by atoms with van der Waals surface area (Å²) in [5.74, 6) is -0.0897. The maximum Gasteiger partial charge on any atom is 0.226 e. The highest BCUT2D eigenvalue weighted by molar-refractivity contribution is 7.80. The van der Waals surface area contributed by atoms with Crippen LogP contribution in [0.4, 0.5) is 11.4 Å². The largest absolute Gasteiger partial charge is 0.351 e. The Labute approximate surface area is 242 Å². The van der Waals surface area contributed by atoms with E-state index in [9.17, 15) is 4.79 Å². The van der Waals surface area contributed by atoms with E-state index in [-0.39, 0.29) is 23.9 Å². The van der Waals surface area contributed by atoms with Crippen LogP contribution in [0.1, 0.15) is 66.6 Å². The van der Waals surface area contributed by atoms with E-state index in [0.717, 1.165) is 29.1 Å². The van der Waals surface area contributed by atoms with E-state index in [1.807, 2.05) is 51.2 Å². The van der Waals surface area contributed by atoms with Gasteiger partial charge in [0.2, 0.25) is 5.91 Å². The lowest BCUT2D eigenvalue weighted by Gasteiger charge is -2.29. The van der Waals surface area contributed by atoms with Gasteiger partial charge in [-0.1, -0.05) is 45.0 Å². The first kappa shape index (κ1) is 27.6. The second-order valence-corrected chi connectivity index (χ2v) is 11.2. The molecule has 6 nitrogen and oxygen atoms in total. The summed E-state index contributed by atoms with van der Waals surface area (Å²) in [5.41, 5.74) is 9.77. The average molecular weight is 552 g/mol. The molecule has 1 amide bonds. The van der Waals surface area contributed by atoms with Crippen LogP contribution >= 0.6 is 12.2 Å². The number of rotatable bonds is 7. The minimum Gasteiger partial charge on any atom is -0.351 e. The van der Waals surface area contributed by atoms with Crippen LogP contribution in [0.25, 0.3) is 5.69 Å². The zero-order valence-electron chi connectivity index (χ0n) is 24.0. The van der Waals surface area contributed by atoms with Crippen molar-refractivity contribution in [2.45, 2.75) is 60.0 Å². The monoisotopic (exact) mass is 551 g/mol. The lowest BCUT2D eigenvalue weighted by Crippen LogP contribution is -2.29. The molecule has 2 aromatic heterocycles. The van der Waals surface area contributed by atoms with E-state index in [0.29, 0.717) is 5.11 Å². The molecule has 3 heterocycles. The zero-order chi connectivity index (χ0) is 28.6. The molecule has 0 unspecified atom stereocenters. The van der Waals surface area contributed by atoms with Gasteiger partial charge in [-0.15, -0.1) is 0 Å². The SMILES string of the molecule is CCc1ccccc1-n1c(C)cc([C@H]2[C@H](c3ccccn3)NC(=S)N2c2ccc(NC(=O)C(C)C)c(C)c2)c1C. The number of pyridine rings is 1. The van der Waals surface area contributed by atoms with Crippen molar-refractivity contribution in [3.8, 4) is 5.69 Å². The van der Waals surface area contributed by atoms with Gasteiger partial charge in [-0.25, -0.2) is 0 Å². The molecule has 206 valence electrons. The van der Waals surface area contributed by atoms with Crippen molar-refractivity contribution >= 4 is 34.6 Å². The van der Waals surface area contributed by atoms with Crippen LogP contribution in [0.15, 0.2) is 72.9 Å². The molecular weight excluding hydrogens is 514 g/mol. The molecule has 0 spiro atoms. The quantitative estimate of drug-likeness (QED) is 0.239. The summed E-state index contributed by atoms with van der Waals surface area (Å²) in [6.45, 7) is 12.4. The van der Waals surface area contributed by atoms with Gasteiger partial charge in [0.1, 0.15) is 0 Å². The maximum absolute atomic E-state index is 12.4. The highest BCUT2D eigenvalue weighted by Gasteiger charge is 2.42. The minimum atomic E-state index is -0.135. The summed E-state index contributed by atoms with van der Waals surface area (Å²) in [4.78, 5) is 19.3. The van der Waals surface area contributed by atoms with Gasteiger partial charge in [0.25, 0.3) is 0 Å². The number of thiocarbonyl (C=S) groups is 1. The molecule has 1 aliphatic heterocycles. The van der Waals surface area contributed by atoms with Crippen molar-refractivity contribution in [3.05, 3.63) is 107 Å². The maximum atomic E-state index is 12.4. The first-order valence-electron chi connectivity index (χ1n) is 13.9. The molecule has 0 saturated carbocycles. The van der Waals surface area contributed by atoms with Gasteiger partial charge < -0.3 is 20.1 Å². The number of hydrogen-bond acceptors (Lipinski definition) is 3. The average Bonchev–Trinajstić information content (AvgIpc) is 3.44. The summed E-state index contributed by atoms with van der Waals surface area (Å²) in [5, 5.41) is 7.28. The predicted molar refractivity (Wildman–Crippen MR) is 167 cm³/mol. The molecule has 0 bridgehead atoms. The fourth-order valence-electron chi connectivity index (χ4n) is 5.65. The van der Waals surface area contributed by atoms with Crippen LogP contribution in [0.3, 0.4) is 0 Å². The molecule has 1 fully saturated rings. The van der Waals surface area contributed by atoms with Crippen molar-refractivity contribution in [2.24, 2.45) is 5.92 Å². The fourth-order valence-corrected chi connectivity index (χ4v) is 6.00. The third-order valence-electron chi connectivity index (χ3n) is 7.77. The Morgan fingerprint density at radius 3 is 2.48 bits per heavy atom. The van der Waals surface area contributed by atoms with Crippen LogP contribution < -0.4 is 15.5 Å². The Bertz CT molecular complexity index is 1560. The second-order valence-electron chi connectivity index (χ2n) is 10.8. The van der Waals surface area contributed by atoms with Crippen LogP contribution in [-0.4, -0.2) is 20.6 Å². The predicted octanol–water partition coefficient (Wildman–Crippen LogP) is 7.13. The number of nitrogens with one attached hydrogen (secondary N) is 2. The molecule has 40 heavy (non-hydrogen) atoms. The van der Waals surface area contributed by atoms with Crippen LogP contribution in [-0.2, 0) is 11.2 Å². The van der Waals surface area contributed by atoms with Crippen molar-refractivity contribution in [3.63, 3.8) is 0 Å². The summed E-state index contributed by atoms with van der Waals surface area (Å²) in [6, 6.07) is 22.8. The number of amides is 1. The Morgan fingerprint density at radius 1 is 1.05 bits per heavy atom. The van der Waals surface area contributed by atoms with Gasteiger partial charge in [-0.05, 0) is 98.6 Å². The van der Waals surface area contributed by atoms with Gasteiger partial charge in [-0.2, -0.15) is 0 Å². The molecule has 7 heteroatoms. The lowest BCUT2D eigenvalue weighted by atomic mass is 9.96. The van der Waals surface area contributed by atoms with E-state index in [1.165, 1.54) is 28.2 Å². The molecule has 4 aromatic rings. The molecule has 2 atom stereocenters. The Kier molecular flexibility index (Phi) is 7.76. The molecule has 2 aromatic carbocycles. The summed E-state index contributed by atoms with van der Waals surface area (Å²) < 4.78 is 2.36. The number of para-hydroxylation sites is 1. The third kappa shape index (κ3) is 5.02. The number of aromatic nitrogens is 2. The highest BCUT2D eigenvalue weighted by atomic mass is 32.1. The first-order chi connectivity index (χ1) is 19.2. The van der Waals surface area contributed by atoms with Crippen molar-refractivity contribution in [2.75, 3.05) is 10.2 Å². The molecular formula is C33H37N5OS. The van der Waals surface area contributed by atoms with Crippen molar-refractivity contribution < 1.29 is 4.79 Å². The van der Waals surface area contributed by atoms with Gasteiger partial charge in [0, 0.05) is 40.6 Å². The van der Waals surface area contributed by atoms with Crippen molar-refractivity contribution in [1.82, 2.24) is 14.9 Å². The third-order valence-corrected chi connectivity index (χ3v) is 8.09. The normalized spacial score (nSPS) is 16.9. The lowest BCUT2D eigenvalue weighted by molar-refractivity contribution is -0.118. The summed E-state index contributed by atoms with van der Waals surface area (Å²) >= 11 is 5.98. The van der Waals surface area contributed by atoms with Crippen LogP contribution in [0, 0.1) is 26.7 Å². The van der Waals surface area contributed by atoms with E-state index >= 15 is 0 Å². The molecule has 0 aliphatic carbocycles. The number of benzene rings is 2. The Morgan fingerprint density at radius 2 is 1.80 bits per heavy atom. The summed E-state index contributed by atoms with van der Waals surface area (Å²) in [7, 11) is 0. The zero-order valence-corrected chi connectivity index (χ0v) is 24.8. The van der Waals surface area contributed by atoms with Crippen LogP contribution in [0.2, 0.25) is 0 Å². The summed E-state index contributed by atoms with van der Waals surface area (Å²) in [6.07, 6.45) is 2.79. The van der Waals surface area contributed by atoms with Gasteiger partial charge in [-0.3, -0.25) is 9.78 Å². The molecule has 1 aliphatic rings. The molecule has 5 rings (SSSR count). The van der Waals surface area contributed by atoms with E-state index in [4.69, 9.17) is 17.2 Å². The number of carbonyl (C=O) groups excluding carboxylic acids is 1. The highest BCUT2D eigenvalue weighted by Crippen LogP contribution is 2.44. The molecule has 2 N–H and O–H groups in total. The first-order valence-corrected chi connectivity index (χ1v) is 14.3. The van der Waals surface area contributed by atoms with Crippen LogP contribution in [0.5, 0.6) is 0 Å². The topological polar surface area (TPSA) is 62.2 Å². The standard InChI is InChI=1S/C33H37N5OS/c1-7-24-12-8-9-14-29(24)37-22(5)19-26(23(37)6)31-30(28-13-10-11-17-34-28)36-33(40)38(31)25-15-16-27(21(4)18-25)35-32(39)20(2)3/h8-20,30-31H,7H2,1-6H3,(H,35,39)(H,36,40)/t30-,31-/m0/s1. The molecule has 1 saturated heterocycles. The number of carbonyl (C=O) groups is 1. The van der Waals surface area contributed by atoms with Gasteiger partial charge in [0.05, 0.1) is 17.8 Å². The Balaban J connectivity index is 1.63. The number of anilines is 2.